The lowest BCUT2D eigenvalue weighted by Gasteiger charge is -2.25. The SMILES string of the molecule is C=c1ccc(C(=O)NCC2CCC2)c(CC)/c1=C/N(C)CC(CCC)CCCC(=O)c1ccc(Oc2ccc(C(F)(F)F)cc2)cc1. The van der Waals surface area contributed by atoms with Gasteiger partial charge in [-0.3, -0.25) is 9.59 Å². The quantitative estimate of drug-likeness (QED) is 0.159. The molecule has 3 aromatic rings. The van der Waals surface area contributed by atoms with Crippen LogP contribution in [0.1, 0.15) is 97.1 Å². The Labute approximate surface area is 276 Å². The molecule has 4 rings (SSSR count). The van der Waals surface area contributed by atoms with Gasteiger partial charge in [-0.05, 0) is 116 Å². The van der Waals surface area contributed by atoms with Crippen LogP contribution in [-0.2, 0) is 12.6 Å². The first kappa shape index (κ1) is 35.8. The molecule has 1 aliphatic rings. The van der Waals surface area contributed by atoms with Crippen molar-refractivity contribution in [3.05, 3.63) is 93.4 Å². The molecule has 1 atom stereocenters. The van der Waals surface area contributed by atoms with Crippen molar-refractivity contribution in [2.24, 2.45) is 11.8 Å². The molecular formula is C39H47F3N2O3. The van der Waals surface area contributed by atoms with Gasteiger partial charge < -0.3 is 15.0 Å². The number of amides is 1. The average molecular weight is 649 g/mol. The minimum absolute atomic E-state index is 0.0131. The van der Waals surface area contributed by atoms with Gasteiger partial charge in [-0.15, -0.1) is 0 Å². The average Bonchev–Trinajstić information content (AvgIpc) is 3.01. The highest BCUT2D eigenvalue weighted by atomic mass is 19.4. The summed E-state index contributed by atoms with van der Waals surface area (Å²) in [5.41, 5.74) is 1.58. The molecular weight excluding hydrogens is 601 g/mol. The molecule has 1 saturated carbocycles. The van der Waals surface area contributed by atoms with E-state index in [1.165, 1.54) is 31.4 Å². The Morgan fingerprint density at radius 3 is 2.23 bits per heavy atom. The molecule has 8 heteroatoms. The number of nitrogens with one attached hydrogen (secondary N) is 1. The number of rotatable bonds is 16. The zero-order valence-electron chi connectivity index (χ0n) is 27.8. The molecule has 1 unspecified atom stereocenters. The number of alkyl halides is 3. The van der Waals surface area contributed by atoms with Gasteiger partial charge >= 0.3 is 6.18 Å². The Morgan fingerprint density at radius 2 is 1.66 bits per heavy atom. The molecule has 1 aliphatic carbocycles. The fourth-order valence-corrected chi connectivity index (χ4v) is 6.16. The predicted molar refractivity (Wildman–Crippen MR) is 182 cm³/mol. The Kier molecular flexibility index (Phi) is 12.7. The van der Waals surface area contributed by atoms with Crippen molar-refractivity contribution in [1.82, 2.24) is 10.2 Å². The smallest absolute Gasteiger partial charge is 0.416 e. The van der Waals surface area contributed by atoms with Gasteiger partial charge in [0.2, 0.25) is 0 Å². The van der Waals surface area contributed by atoms with Gasteiger partial charge in [-0.25, -0.2) is 0 Å². The van der Waals surface area contributed by atoms with E-state index in [-0.39, 0.29) is 17.4 Å². The number of hydrogen-bond acceptors (Lipinski definition) is 4. The zero-order chi connectivity index (χ0) is 34.0. The predicted octanol–water partition coefficient (Wildman–Crippen LogP) is 8.14. The third-order valence-corrected chi connectivity index (χ3v) is 9.02. The molecule has 1 N–H and O–H groups in total. The summed E-state index contributed by atoms with van der Waals surface area (Å²) >= 11 is 0. The number of carbonyl (C=O) groups excluding carboxylic acids is 2. The first-order valence-corrected chi connectivity index (χ1v) is 16.8. The highest BCUT2D eigenvalue weighted by molar-refractivity contribution is 5.96. The van der Waals surface area contributed by atoms with E-state index in [0.29, 0.717) is 29.6 Å². The summed E-state index contributed by atoms with van der Waals surface area (Å²) in [5.74, 6) is 1.77. The van der Waals surface area contributed by atoms with Crippen LogP contribution < -0.4 is 20.5 Å². The van der Waals surface area contributed by atoms with E-state index in [4.69, 9.17) is 4.74 Å². The summed E-state index contributed by atoms with van der Waals surface area (Å²) < 4.78 is 44.1. The molecule has 1 fully saturated rings. The van der Waals surface area contributed by atoms with E-state index in [1.807, 2.05) is 12.1 Å². The lowest BCUT2D eigenvalue weighted by Crippen LogP contribution is -2.37. The summed E-state index contributed by atoms with van der Waals surface area (Å²) in [5, 5.41) is 5.04. The second-order valence-corrected chi connectivity index (χ2v) is 12.7. The number of benzene rings is 3. The van der Waals surface area contributed by atoms with Crippen molar-refractivity contribution in [3.8, 4) is 11.5 Å². The van der Waals surface area contributed by atoms with E-state index in [2.05, 4.69) is 43.9 Å². The highest BCUT2D eigenvalue weighted by Gasteiger charge is 2.30. The summed E-state index contributed by atoms with van der Waals surface area (Å²) in [6.07, 6.45) is 6.27. The van der Waals surface area contributed by atoms with Crippen LogP contribution in [0, 0.1) is 11.8 Å². The summed E-state index contributed by atoms with van der Waals surface area (Å²) in [4.78, 5) is 28.2. The summed E-state index contributed by atoms with van der Waals surface area (Å²) in [7, 11) is 2.06. The Morgan fingerprint density at radius 1 is 1.00 bits per heavy atom. The van der Waals surface area contributed by atoms with Crippen molar-refractivity contribution in [1.29, 1.82) is 0 Å². The molecule has 252 valence electrons. The minimum atomic E-state index is -4.40. The molecule has 0 radical (unpaired) electrons. The number of nitrogens with zero attached hydrogens (tertiary/aromatic N) is 1. The Balaban J connectivity index is 1.32. The largest absolute Gasteiger partial charge is 0.457 e. The lowest BCUT2D eigenvalue weighted by atomic mass is 9.85. The second-order valence-electron chi connectivity index (χ2n) is 12.7. The number of hydrogen-bond donors (Lipinski definition) is 1. The van der Waals surface area contributed by atoms with Gasteiger partial charge in [0.05, 0.1) is 5.56 Å². The molecule has 47 heavy (non-hydrogen) atoms. The molecule has 5 nitrogen and oxygen atoms in total. The normalized spacial score (nSPS) is 14.4. The van der Waals surface area contributed by atoms with Crippen molar-refractivity contribution in [2.75, 3.05) is 20.1 Å². The number of carbonyl (C=O) groups is 2. The molecule has 0 heterocycles. The molecule has 0 saturated heterocycles. The molecule has 0 bridgehead atoms. The molecule has 0 spiro atoms. The number of ketones is 1. The van der Waals surface area contributed by atoms with Crippen LogP contribution in [0.25, 0.3) is 12.8 Å². The number of ether oxygens (including phenoxy) is 1. The van der Waals surface area contributed by atoms with Crippen LogP contribution in [0.15, 0.2) is 60.7 Å². The Bertz CT molecular complexity index is 1600. The maximum absolute atomic E-state index is 13.1. The van der Waals surface area contributed by atoms with Gasteiger partial charge in [-0.1, -0.05) is 39.3 Å². The first-order valence-electron chi connectivity index (χ1n) is 16.8. The van der Waals surface area contributed by atoms with Crippen LogP contribution in [-0.4, -0.2) is 36.7 Å². The number of halogens is 3. The van der Waals surface area contributed by atoms with E-state index < -0.39 is 11.7 Å². The van der Waals surface area contributed by atoms with Crippen LogP contribution >= 0.6 is 0 Å². The lowest BCUT2D eigenvalue weighted by molar-refractivity contribution is -0.137. The monoisotopic (exact) mass is 648 g/mol. The van der Waals surface area contributed by atoms with Crippen molar-refractivity contribution < 1.29 is 27.5 Å². The zero-order valence-corrected chi connectivity index (χ0v) is 27.8. The van der Waals surface area contributed by atoms with Crippen LogP contribution in [0.4, 0.5) is 13.2 Å². The van der Waals surface area contributed by atoms with E-state index >= 15 is 0 Å². The highest BCUT2D eigenvalue weighted by Crippen LogP contribution is 2.31. The van der Waals surface area contributed by atoms with E-state index in [9.17, 15) is 22.8 Å². The minimum Gasteiger partial charge on any atom is -0.457 e. The van der Waals surface area contributed by atoms with Gasteiger partial charge in [0.1, 0.15) is 11.5 Å². The standard InChI is InChI=1S/C39H47F3N2O3/c1-5-9-29(25-44(4)26-36-27(3)14-23-35(34(36)6-2)38(46)43-24-28-10-7-11-28)12-8-13-37(45)30-15-19-32(20-16-30)47-33-21-17-31(18-22-33)39(40,41)42/h14-23,26,28-29H,3,5-13,24-25H2,1-2,4H3,(H,43,46)/b36-26+. The van der Waals surface area contributed by atoms with Crippen LogP contribution in [0.5, 0.6) is 11.5 Å². The van der Waals surface area contributed by atoms with E-state index in [0.717, 1.165) is 78.9 Å². The van der Waals surface area contributed by atoms with Crippen LogP contribution in [0.2, 0.25) is 0 Å². The van der Waals surface area contributed by atoms with Gasteiger partial charge in [0.25, 0.3) is 5.91 Å². The van der Waals surface area contributed by atoms with Crippen molar-refractivity contribution in [2.45, 2.75) is 77.8 Å². The summed E-state index contributed by atoms with van der Waals surface area (Å²) in [6, 6.07) is 15.0. The fourth-order valence-electron chi connectivity index (χ4n) is 6.16. The fraction of sp³-hybridized carbons (Fsp3) is 0.436. The topological polar surface area (TPSA) is 58.6 Å². The van der Waals surface area contributed by atoms with Gasteiger partial charge in [0, 0.05) is 49.1 Å². The molecule has 3 aromatic carbocycles. The molecule has 1 amide bonds. The van der Waals surface area contributed by atoms with Crippen molar-refractivity contribution >= 4 is 24.5 Å². The van der Waals surface area contributed by atoms with Gasteiger partial charge in [-0.2, -0.15) is 13.2 Å². The number of Topliss-reactive ketones (excluding diaryl/α,β-unsaturated/α-hetero) is 1. The van der Waals surface area contributed by atoms with Crippen molar-refractivity contribution in [3.63, 3.8) is 0 Å². The first-order chi connectivity index (χ1) is 22.5. The third kappa shape index (κ3) is 10.2. The maximum atomic E-state index is 13.1. The van der Waals surface area contributed by atoms with Crippen LogP contribution in [0.3, 0.4) is 0 Å². The Hall–Kier alpha value is -4.07. The second kappa shape index (κ2) is 16.7. The van der Waals surface area contributed by atoms with E-state index in [1.54, 1.807) is 24.3 Å². The molecule has 0 aliphatic heterocycles. The van der Waals surface area contributed by atoms with Gasteiger partial charge in [0.15, 0.2) is 5.78 Å². The molecule has 0 aromatic heterocycles. The summed E-state index contributed by atoms with van der Waals surface area (Å²) in [6.45, 7) is 10.1. The maximum Gasteiger partial charge on any atom is 0.416 e. The third-order valence-electron chi connectivity index (χ3n) is 9.02.